The number of ether oxygens (including phenoxy) is 1. The van der Waals surface area contributed by atoms with Gasteiger partial charge in [-0.3, -0.25) is 4.99 Å². The van der Waals surface area contributed by atoms with Gasteiger partial charge in [-0.05, 0) is 17.0 Å². The lowest BCUT2D eigenvalue weighted by atomic mass is 10.0. The second kappa shape index (κ2) is 10.2. The van der Waals surface area contributed by atoms with E-state index >= 15 is 0 Å². The Labute approximate surface area is 154 Å². The molecule has 6 heteroatoms. The number of amidine groups is 1. The third kappa shape index (κ3) is 6.22. The van der Waals surface area contributed by atoms with Crippen molar-refractivity contribution in [3.05, 3.63) is 71.8 Å². The molecule has 0 aliphatic heterocycles. The number of nitrogens with one attached hydrogen (secondary N) is 2. The third-order valence-electron chi connectivity index (χ3n) is 3.87. The lowest BCUT2D eigenvalue weighted by molar-refractivity contribution is 0.136. The molecule has 0 radical (unpaired) electrons. The number of carbonyl (C=O) groups is 1. The van der Waals surface area contributed by atoms with Crippen LogP contribution in [-0.2, 0) is 17.9 Å². The van der Waals surface area contributed by atoms with Crippen molar-refractivity contribution in [3.8, 4) is 0 Å². The number of nitrogens with zero attached hydrogens (tertiary/aromatic N) is 1. The van der Waals surface area contributed by atoms with Crippen molar-refractivity contribution in [2.24, 2.45) is 16.8 Å². The first kappa shape index (κ1) is 19.5. The topological polar surface area (TPSA) is 88.7 Å². The van der Waals surface area contributed by atoms with E-state index in [0.717, 1.165) is 11.1 Å². The van der Waals surface area contributed by atoms with E-state index in [4.69, 9.17) is 10.6 Å². The van der Waals surface area contributed by atoms with Gasteiger partial charge in [0.05, 0.1) is 12.6 Å². The van der Waals surface area contributed by atoms with E-state index in [1.165, 1.54) is 0 Å². The summed E-state index contributed by atoms with van der Waals surface area (Å²) in [6.45, 7) is 4.66. The zero-order chi connectivity index (χ0) is 18.8. The Bertz CT molecular complexity index is 702. The maximum atomic E-state index is 12.2. The maximum Gasteiger partial charge on any atom is 0.408 e. The molecule has 26 heavy (non-hydrogen) atoms. The van der Waals surface area contributed by atoms with Crippen LogP contribution in [0.3, 0.4) is 0 Å². The Balaban J connectivity index is 1.97. The molecule has 0 bridgehead atoms. The van der Waals surface area contributed by atoms with Crippen molar-refractivity contribution in [2.45, 2.75) is 33.0 Å². The lowest BCUT2D eigenvalue weighted by Gasteiger charge is -2.23. The average Bonchev–Trinajstić information content (AvgIpc) is 2.67. The number of nitrogens with two attached hydrogens (primary N) is 1. The van der Waals surface area contributed by atoms with Gasteiger partial charge in [0.15, 0.2) is 0 Å². The average molecular weight is 354 g/mol. The first-order valence-electron chi connectivity index (χ1n) is 8.62. The minimum Gasteiger partial charge on any atom is -0.445 e. The molecule has 138 valence electrons. The number of amides is 1. The predicted molar refractivity (Wildman–Crippen MR) is 103 cm³/mol. The van der Waals surface area contributed by atoms with Crippen LogP contribution in [-0.4, -0.2) is 18.0 Å². The van der Waals surface area contributed by atoms with E-state index in [0.29, 0.717) is 12.4 Å². The van der Waals surface area contributed by atoms with Crippen LogP contribution in [0.1, 0.15) is 25.0 Å². The molecule has 0 aliphatic rings. The van der Waals surface area contributed by atoms with Crippen LogP contribution >= 0.6 is 0 Å². The highest BCUT2D eigenvalue weighted by molar-refractivity contribution is 5.90. The molecule has 0 aliphatic carbocycles. The van der Waals surface area contributed by atoms with Crippen molar-refractivity contribution in [3.63, 3.8) is 0 Å². The number of hydrogen-bond acceptors (Lipinski definition) is 4. The molecule has 2 rings (SSSR count). The SMILES string of the molecule is CC(C)C(NC(=O)OCc1ccccc1)/C(=N\Cc1ccccc1)NN. The highest BCUT2D eigenvalue weighted by Gasteiger charge is 2.22. The molecular formula is C20H26N4O2. The Morgan fingerprint density at radius 3 is 2.15 bits per heavy atom. The van der Waals surface area contributed by atoms with Crippen LogP contribution in [0, 0.1) is 5.92 Å². The van der Waals surface area contributed by atoms with E-state index in [1.54, 1.807) is 0 Å². The van der Waals surface area contributed by atoms with E-state index in [2.05, 4.69) is 15.7 Å². The molecule has 0 saturated heterocycles. The fourth-order valence-electron chi connectivity index (χ4n) is 2.44. The summed E-state index contributed by atoms with van der Waals surface area (Å²) in [4.78, 5) is 16.7. The Morgan fingerprint density at radius 2 is 1.62 bits per heavy atom. The number of benzene rings is 2. The molecule has 2 aromatic carbocycles. The summed E-state index contributed by atoms with van der Waals surface area (Å²) in [7, 11) is 0. The van der Waals surface area contributed by atoms with Crippen molar-refractivity contribution in [1.82, 2.24) is 10.7 Å². The van der Waals surface area contributed by atoms with Gasteiger partial charge in [-0.1, -0.05) is 74.5 Å². The van der Waals surface area contributed by atoms with Gasteiger partial charge < -0.3 is 15.5 Å². The molecule has 0 aromatic heterocycles. The van der Waals surface area contributed by atoms with Gasteiger partial charge in [0.1, 0.15) is 12.4 Å². The number of rotatable bonds is 7. The zero-order valence-electron chi connectivity index (χ0n) is 15.2. The van der Waals surface area contributed by atoms with Gasteiger partial charge in [0.2, 0.25) is 0 Å². The molecule has 1 amide bonds. The van der Waals surface area contributed by atoms with E-state index in [-0.39, 0.29) is 18.6 Å². The van der Waals surface area contributed by atoms with Crippen molar-refractivity contribution in [1.29, 1.82) is 0 Å². The summed E-state index contributed by atoms with van der Waals surface area (Å²) in [5, 5.41) is 2.84. The number of aliphatic imine (C=N–C) groups is 1. The van der Waals surface area contributed by atoms with Crippen LogP contribution in [0.25, 0.3) is 0 Å². The van der Waals surface area contributed by atoms with Crippen LogP contribution < -0.4 is 16.6 Å². The first-order valence-corrected chi connectivity index (χ1v) is 8.62. The van der Waals surface area contributed by atoms with Gasteiger partial charge >= 0.3 is 6.09 Å². The van der Waals surface area contributed by atoms with Crippen molar-refractivity contribution < 1.29 is 9.53 Å². The predicted octanol–water partition coefficient (Wildman–Crippen LogP) is 3.00. The Morgan fingerprint density at radius 1 is 1.04 bits per heavy atom. The van der Waals surface area contributed by atoms with Gasteiger partial charge in [0.25, 0.3) is 0 Å². The second-order valence-electron chi connectivity index (χ2n) is 6.26. The summed E-state index contributed by atoms with van der Waals surface area (Å²) in [6, 6.07) is 19.0. The first-order chi connectivity index (χ1) is 12.6. The van der Waals surface area contributed by atoms with Gasteiger partial charge in [-0.25, -0.2) is 10.6 Å². The monoisotopic (exact) mass is 354 g/mol. The number of carbonyl (C=O) groups excluding carboxylic acids is 1. The molecule has 0 heterocycles. The van der Waals surface area contributed by atoms with Gasteiger partial charge in [-0.2, -0.15) is 0 Å². The summed E-state index contributed by atoms with van der Waals surface area (Å²) < 4.78 is 5.29. The van der Waals surface area contributed by atoms with E-state index in [1.807, 2.05) is 74.5 Å². The van der Waals surface area contributed by atoms with Crippen molar-refractivity contribution >= 4 is 11.9 Å². The molecule has 0 saturated carbocycles. The van der Waals surface area contributed by atoms with Crippen LogP contribution in [0.4, 0.5) is 4.79 Å². The molecule has 0 fully saturated rings. The Kier molecular flexibility index (Phi) is 7.64. The summed E-state index contributed by atoms with van der Waals surface area (Å²) >= 11 is 0. The van der Waals surface area contributed by atoms with Gasteiger partial charge in [-0.15, -0.1) is 0 Å². The molecular weight excluding hydrogens is 328 g/mol. The quantitative estimate of drug-likeness (QED) is 0.309. The standard InChI is InChI=1S/C20H26N4O2/c1-15(2)18(19(24-21)22-13-16-9-5-3-6-10-16)23-20(25)26-14-17-11-7-4-8-12-17/h3-12,15,18H,13-14,21H2,1-2H3,(H,22,24)(H,23,25). The fourth-order valence-corrected chi connectivity index (χ4v) is 2.44. The Hall–Kier alpha value is -2.86. The van der Waals surface area contributed by atoms with Crippen molar-refractivity contribution in [2.75, 3.05) is 0 Å². The highest BCUT2D eigenvalue weighted by atomic mass is 16.5. The highest BCUT2D eigenvalue weighted by Crippen LogP contribution is 2.07. The van der Waals surface area contributed by atoms with Crippen LogP contribution in [0.2, 0.25) is 0 Å². The summed E-state index contributed by atoms with van der Waals surface area (Å²) in [5.41, 5.74) is 4.61. The lowest BCUT2D eigenvalue weighted by Crippen LogP contribution is -2.51. The minimum atomic E-state index is -0.504. The van der Waals surface area contributed by atoms with E-state index < -0.39 is 6.09 Å². The third-order valence-corrected chi connectivity index (χ3v) is 3.87. The molecule has 1 atom stereocenters. The maximum absolute atomic E-state index is 12.2. The number of hydrogen-bond donors (Lipinski definition) is 3. The van der Waals surface area contributed by atoms with Crippen LogP contribution in [0.5, 0.6) is 0 Å². The molecule has 0 spiro atoms. The largest absolute Gasteiger partial charge is 0.445 e. The van der Waals surface area contributed by atoms with Gasteiger partial charge in [0, 0.05) is 0 Å². The number of hydrazine groups is 1. The minimum absolute atomic E-state index is 0.0878. The summed E-state index contributed by atoms with van der Waals surface area (Å²) in [6.07, 6.45) is -0.504. The normalized spacial score (nSPS) is 12.5. The second-order valence-corrected chi connectivity index (χ2v) is 6.26. The molecule has 6 nitrogen and oxygen atoms in total. The summed E-state index contributed by atoms with van der Waals surface area (Å²) in [5.74, 6) is 6.25. The molecule has 4 N–H and O–H groups in total. The van der Waals surface area contributed by atoms with Crippen LogP contribution in [0.15, 0.2) is 65.7 Å². The number of alkyl carbamates (subject to hydrolysis) is 1. The zero-order valence-corrected chi connectivity index (χ0v) is 15.2. The fraction of sp³-hybridized carbons (Fsp3) is 0.300. The molecule has 1 unspecified atom stereocenters. The smallest absolute Gasteiger partial charge is 0.408 e. The molecule has 2 aromatic rings. The van der Waals surface area contributed by atoms with E-state index in [9.17, 15) is 4.79 Å².